The number of nitro groups is 1. The number of ether oxygens (including phenoxy) is 1. The van der Waals surface area contributed by atoms with E-state index in [-0.39, 0.29) is 11.7 Å². The largest absolute Gasteiger partial charge is 0.430 e. The second-order valence-electron chi connectivity index (χ2n) is 3.77. The van der Waals surface area contributed by atoms with Gasteiger partial charge in [-0.3, -0.25) is 15.5 Å². The quantitative estimate of drug-likeness (QED) is 0.498. The molecule has 0 spiro atoms. The molecule has 0 saturated carbocycles. The smallest absolute Gasteiger partial charge is 0.349 e. The minimum Gasteiger partial charge on any atom is -0.430 e. The number of hydrogen-bond acceptors (Lipinski definition) is 7. The zero-order valence-electron chi connectivity index (χ0n) is 10.3. The number of hydrazine groups is 1. The molecule has 1 aromatic heterocycles. The Morgan fingerprint density at radius 3 is 2.90 bits per heavy atom. The third-order valence-corrected chi connectivity index (χ3v) is 2.42. The number of nitrogens with two attached hydrogens (primary N) is 1. The van der Waals surface area contributed by atoms with Crippen molar-refractivity contribution in [3.8, 4) is 11.6 Å². The first-order chi connectivity index (χ1) is 9.52. The fourth-order valence-electron chi connectivity index (χ4n) is 1.43. The average Bonchev–Trinajstić information content (AvgIpc) is 2.43. The minimum absolute atomic E-state index is 0.0846. The van der Waals surface area contributed by atoms with Gasteiger partial charge in [0.05, 0.1) is 4.92 Å². The highest BCUT2D eigenvalue weighted by molar-refractivity contribution is 5.45. The standard InChI is InChI=1S/C11H10FN5O3/c1-6-3-2-4-8(9(6)12)20-10-7(17(18)19)5-14-11(15-10)16-13/h2-5H,13H2,1H3,(H,14,15,16). The second kappa shape index (κ2) is 5.45. The van der Waals surface area contributed by atoms with E-state index in [0.717, 1.165) is 6.20 Å². The maximum atomic E-state index is 13.8. The lowest BCUT2D eigenvalue weighted by atomic mass is 10.2. The summed E-state index contributed by atoms with van der Waals surface area (Å²) in [4.78, 5) is 17.4. The lowest BCUT2D eigenvalue weighted by molar-refractivity contribution is -0.386. The molecule has 2 rings (SSSR count). The number of aromatic nitrogens is 2. The van der Waals surface area contributed by atoms with Gasteiger partial charge in [-0.1, -0.05) is 12.1 Å². The Bertz CT molecular complexity index is 665. The Morgan fingerprint density at radius 2 is 2.25 bits per heavy atom. The van der Waals surface area contributed by atoms with E-state index in [0.29, 0.717) is 5.56 Å². The number of aryl methyl sites for hydroxylation is 1. The lowest BCUT2D eigenvalue weighted by Gasteiger charge is -2.08. The first-order valence-corrected chi connectivity index (χ1v) is 5.44. The maximum Gasteiger partial charge on any atom is 0.349 e. The highest BCUT2D eigenvalue weighted by Gasteiger charge is 2.21. The summed E-state index contributed by atoms with van der Waals surface area (Å²) >= 11 is 0. The van der Waals surface area contributed by atoms with Gasteiger partial charge >= 0.3 is 11.6 Å². The van der Waals surface area contributed by atoms with E-state index in [9.17, 15) is 14.5 Å². The van der Waals surface area contributed by atoms with Crippen LogP contribution in [0.5, 0.6) is 11.6 Å². The molecule has 0 fully saturated rings. The zero-order chi connectivity index (χ0) is 14.7. The molecule has 2 aromatic rings. The Labute approximate surface area is 112 Å². The van der Waals surface area contributed by atoms with Gasteiger partial charge in [-0.05, 0) is 18.6 Å². The third kappa shape index (κ3) is 2.62. The number of hydrogen-bond donors (Lipinski definition) is 2. The van der Waals surface area contributed by atoms with Crippen LogP contribution in [0.3, 0.4) is 0 Å². The number of halogens is 1. The van der Waals surface area contributed by atoms with Crippen molar-refractivity contribution in [1.29, 1.82) is 0 Å². The summed E-state index contributed by atoms with van der Waals surface area (Å²) in [5.74, 6) is 3.84. The summed E-state index contributed by atoms with van der Waals surface area (Å²) in [6.45, 7) is 1.55. The molecule has 9 heteroatoms. The van der Waals surface area contributed by atoms with E-state index in [1.165, 1.54) is 6.07 Å². The molecule has 1 heterocycles. The van der Waals surface area contributed by atoms with Crippen molar-refractivity contribution in [2.24, 2.45) is 5.84 Å². The lowest BCUT2D eigenvalue weighted by Crippen LogP contribution is -2.11. The van der Waals surface area contributed by atoms with Crippen LogP contribution in [0, 0.1) is 22.9 Å². The highest BCUT2D eigenvalue weighted by atomic mass is 19.1. The van der Waals surface area contributed by atoms with E-state index >= 15 is 0 Å². The average molecular weight is 279 g/mol. The van der Waals surface area contributed by atoms with Crippen LogP contribution in [0.2, 0.25) is 0 Å². The summed E-state index contributed by atoms with van der Waals surface area (Å²) in [5.41, 5.74) is 1.98. The maximum absolute atomic E-state index is 13.8. The molecule has 0 radical (unpaired) electrons. The number of nitrogens with zero attached hydrogens (tertiary/aromatic N) is 3. The second-order valence-corrected chi connectivity index (χ2v) is 3.77. The Balaban J connectivity index is 2.46. The van der Waals surface area contributed by atoms with Crippen molar-refractivity contribution in [3.05, 3.63) is 45.9 Å². The Morgan fingerprint density at radius 1 is 1.50 bits per heavy atom. The number of nitrogens with one attached hydrogen (secondary N) is 1. The highest BCUT2D eigenvalue weighted by Crippen LogP contribution is 2.31. The molecule has 104 valence electrons. The van der Waals surface area contributed by atoms with Crippen LogP contribution in [-0.2, 0) is 0 Å². The van der Waals surface area contributed by atoms with E-state index in [1.54, 1.807) is 19.1 Å². The SMILES string of the molecule is Cc1cccc(Oc2nc(NN)ncc2[N+](=O)[O-])c1F. The molecule has 0 atom stereocenters. The van der Waals surface area contributed by atoms with Gasteiger partial charge in [0.15, 0.2) is 11.6 Å². The minimum atomic E-state index is -0.733. The van der Waals surface area contributed by atoms with Crippen LogP contribution in [-0.4, -0.2) is 14.9 Å². The van der Waals surface area contributed by atoms with Crippen LogP contribution in [0.25, 0.3) is 0 Å². The molecule has 3 N–H and O–H groups in total. The predicted octanol–water partition coefficient (Wildman–Crippen LogP) is 1.91. The number of anilines is 1. The molecule has 0 aliphatic carbocycles. The molecule has 0 aliphatic heterocycles. The molecular weight excluding hydrogens is 269 g/mol. The van der Waals surface area contributed by atoms with E-state index in [1.807, 2.05) is 0 Å². The molecular formula is C11H10FN5O3. The van der Waals surface area contributed by atoms with Crippen LogP contribution >= 0.6 is 0 Å². The molecule has 0 bridgehead atoms. The van der Waals surface area contributed by atoms with Gasteiger partial charge in [0.2, 0.25) is 5.95 Å². The van der Waals surface area contributed by atoms with E-state index < -0.39 is 22.3 Å². The number of benzene rings is 1. The summed E-state index contributed by atoms with van der Waals surface area (Å²) < 4.78 is 19.0. The van der Waals surface area contributed by atoms with Crippen molar-refractivity contribution >= 4 is 11.6 Å². The Kier molecular flexibility index (Phi) is 3.71. The topological polar surface area (TPSA) is 116 Å². The normalized spacial score (nSPS) is 10.2. The summed E-state index contributed by atoms with van der Waals surface area (Å²) in [6, 6.07) is 4.44. The number of rotatable bonds is 4. The van der Waals surface area contributed by atoms with Gasteiger partial charge in [0, 0.05) is 0 Å². The predicted molar refractivity (Wildman–Crippen MR) is 67.7 cm³/mol. The van der Waals surface area contributed by atoms with Crippen LogP contribution < -0.4 is 16.0 Å². The van der Waals surface area contributed by atoms with Crippen LogP contribution in [0.4, 0.5) is 16.0 Å². The van der Waals surface area contributed by atoms with E-state index in [2.05, 4.69) is 15.4 Å². The first kappa shape index (κ1) is 13.6. The summed E-state index contributed by atoms with van der Waals surface area (Å²) in [5, 5.41) is 10.9. The fourth-order valence-corrected chi connectivity index (χ4v) is 1.43. The molecule has 8 nitrogen and oxygen atoms in total. The van der Waals surface area contributed by atoms with Gasteiger partial charge in [-0.25, -0.2) is 15.2 Å². The van der Waals surface area contributed by atoms with Crippen molar-refractivity contribution < 1.29 is 14.1 Å². The summed E-state index contributed by atoms with van der Waals surface area (Å²) in [6.07, 6.45) is 0.922. The number of nitrogen functional groups attached to an aromatic ring is 1. The molecule has 0 aliphatic rings. The molecule has 20 heavy (non-hydrogen) atoms. The molecule has 1 aromatic carbocycles. The first-order valence-electron chi connectivity index (χ1n) is 5.44. The molecule has 0 amide bonds. The van der Waals surface area contributed by atoms with Crippen molar-refractivity contribution in [2.45, 2.75) is 6.92 Å². The van der Waals surface area contributed by atoms with Crippen LogP contribution in [0.15, 0.2) is 24.4 Å². The molecule has 0 unspecified atom stereocenters. The van der Waals surface area contributed by atoms with Gasteiger partial charge in [-0.2, -0.15) is 4.98 Å². The van der Waals surface area contributed by atoms with E-state index in [4.69, 9.17) is 10.6 Å². The summed E-state index contributed by atoms with van der Waals surface area (Å²) in [7, 11) is 0. The zero-order valence-corrected chi connectivity index (χ0v) is 10.3. The van der Waals surface area contributed by atoms with Gasteiger partial charge in [-0.15, -0.1) is 0 Å². The fraction of sp³-hybridized carbons (Fsp3) is 0.0909. The third-order valence-electron chi connectivity index (χ3n) is 2.42. The van der Waals surface area contributed by atoms with Gasteiger partial charge < -0.3 is 4.74 Å². The van der Waals surface area contributed by atoms with Gasteiger partial charge in [0.25, 0.3) is 0 Å². The Hall–Kier alpha value is -2.81. The van der Waals surface area contributed by atoms with Gasteiger partial charge in [0.1, 0.15) is 6.20 Å². The molecule has 0 saturated heterocycles. The van der Waals surface area contributed by atoms with Crippen molar-refractivity contribution in [3.63, 3.8) is 0 Å². The van der Waals surface area contributed by atoms with Crippen molar-refractivity contribution in [2.75, 3.05) is 5.43 Å². The monoisotopic (exact) mass is 279 g/mol. The van der Waals surface area contributed by atoms with Crippen LogP contribution in [0.1, 0.15) is 5.56 Å². The van der Waals surface area contributed by atoms with Crippen molar-refractivity contribution in [1.82, 2.24) is 9.97 Å².